The van der Waals surface area contributed by atoms with E-state index in [4.69, 9.17) is 15.2 Å². The first-order valence-electron chi connectivity index (χ1n) is 7.10. The number of benzene rings is 1. The fourth-order valence-corrected chi connectivity index (χ4v) is 2.65. The van der Waals surface area contributed by atoms with Gasteiger partial charge in [0.15, 0.2) is 11.6 Å². The molecule has 1 aromatic carbocycles. The SMILES string of the molecule is NCC1CN(c2cc(F)c(N3CCOCC3)c(F)c2)C(=O)O1. The van der Waals surface area contributed by atoms with Crippen LogP contribution < -0.4 is 15.5 Å². The highest BCUT2D eigenvalue weighted by Crippen LogP contribution is 2.31. The van der Waals surface area contributed by atoms with Gasteiger partial charge in [0.1, 0.15) is 11.8 Å². The molecule has 2 fully saturated rings. The van der Waals surface area contributed by atoms with Crippen LogP contribution in [0.1, 0.15) is 0 Å². The van der Waals surface area contributed by atoms with Gasteiger partial charge in [0.2, 0.25) is 0 Å². The predicted octanol–water partition coefficient (Wildman–Crippen LogP) is 1.09. The molecule has 1 amide bonds. The first-order valence-corrected chi connectivity index (χ1v) is 7.10. The van der Waals surface area contributed by atoms with Crippen molar-refractivity contribution < 1.29 is 23.0 Å². The van der Waals surface area contributed by atoms with Gasteiger partial charge in [-0.05, 0) is 0 Å². The lowest BCUT2D eigenvalue weighted by atomic mass is 10.2. The molecule has 2 N–H and O–H groups in total. The Morgan fingerprint density at radius 3 is 2.41 bits per heavy atom. The summed E-state index contributed by atoms with van der Waals surface area (Å²) in [6.45, 7) is 2.06. The standard InChI is InChI=1S/C14H17F2N3O3/c15-11-5-9(19-8-10(7-17)22-14(19)20)6-12(16)13(11)18-1-3-21-4-2-18/h5-6,10H,1-4,7-8,17H2. The van der Waals surface area contributed by atoms with E-state index >= 15 is 0 Å². The molecule has 22 heavy (non-hydrogen) atoms. The second kappa shape index (κ2) is 6.05. The van der Waals surface area contributed by atoms with E-state index in [-0.39, 0.29) is 24.5 Å². The van der Waals surface area contributed by atoms with Crippen molar-refractivity contribution >= 4 is 17.5 Å². The van der Waals surface area contributed by atoms with Gasteiger partial charge in [-0.3, -0.25) is 4.90 Å². The second-order valence-electron chi connectivity index (χ2n) is 5.21. The lowest BCUT2D eigenvalue weighted by molar-refractivity contribution is 0.122. The zero-order valence-electron chi connectivity index (χ0n) is 11.9. The molecule has 2 aliphatic rings. The molecule has 1 unspecified atom stereocenters. The molecule has 2 aliphatic heterocycles. The van der Waals surface area contributed by atoms with Crippen LogP contribution in [-0.2, 0) is 9.47 Å². The Morgan fingerprint density at radius 2 is 1.86 bits per heavy atom. The fraction of sp³-hybridized carbons (Fsp3) is 0.500. The molecule has 3 rings (SSSR count). The molecule has 0 radical (unpaired) electrons. The molecule has 8 heteroatoms. The summed E-state index contributed by atoms with van der Waals surface area (Å²) in [4.78, 5) is 14.5. The lowest BCUT2D eigenvalue weighted by Crippen LogP contribution is -2.37. The number of nitrogens with zero attached hydrogens (tertiary/aromatic N) is 2. The van der Waals surface area contributed by atoms with Gasteiger partial charge >= 0.3 is 6.09 Å². The summed E-state index contributed by atoms with van der Waals surface area (Å²) in [7, 11) is 0. The van der Waals surface area contributed by atoms with Crippen LogP contribution in [0.25, 0.3) is 0 Å². The van der Waals surface area contributed by atoms with Crippen molar-refractivity contribution in [1.82, 2.24) is 0 Å². The maximum Gasteiger partial charge on any atom is 0.414 e. The average molecular weight is 313 g/mol. The minimum atomic E-state index is -0.708. The maximum atomic E-state index is 14.3. The van der Waals surface area contributed by atoms with Gasteiger partial charge in [-0.2, -0.15) is 0 Å². The van der Waals surface area contributed by atoms with E-state index in [0.29, 0.717) is 26.3 Å². The minimum Gasteiger partial charge on any atom is -0.443 e. The normalized spacial score (nSPS) is 22.1. The van der Waals surface area contributed by atoms with Crippen LogP contribution >= 0.6 is 0 Å². The van der Waals surface area contributed by atoms with Crippen LogP contribution in [0.2, 0.25) is 0 Å². The highest BCUT2D eigenvalue weighted by atomic mass is 19.1. The van der Waals surface area contributed by atoms with Crippen molar-refractivity contribution in [2.75, 3.05) is 49.2 Å². The Bertz CT molecular complexity index is 555. The van der Waals surface area contributed by atoms with Gasteiger partial charge in [-0.15, -0.1) is 0 Å². The van der Waals surface area contributed by atoms with E-state index in [0.717, 1.165) is 12.1 Å². The van der Waals surface area contributed by atoms with Crippen LogP contribution in [0.15, 0.2) is 12.1 Å². The number of halogens is 2. The summed E-state index contributed by atoms with van der Waals surface area (Å²) in [5.74, 6) is -1.42. The smallest absolute Gasteiger partial charge is 0.414 e. The minimum absolute atomic E-state index is 0.0880. The van der Waals surface area contributed by atoms with E-state index in [1.54, 1.807) is 4.90 Å². The third kappa shape index (κ3) is 2.71. The summed E-state index contributed by atoms with van der Waals surface area (Å²) in [5.41, 5.74) is 5.49. The molecule has 0 spiro atoms. The van der Waals surface area contributed by atoms with Gasteiger partial charge in [0, 0.05) is 31.8 Å². The monoisotopic (exact) mass is 313 g/mol. The molecule has 120 valence electrons. The first kappa shape index (κ1) is 15.0. The van der Waals surface area contributed by atoms with E-state index in [2.05, 4.69) is 0 Å². The molecular formula is C14H17F2N3O3. The van der Waals surface area contributed by atoms with E-state index in [1.807, 2.05) is 0 Å². The number of morpholine rings is 1. The number of rotatable bonds is 3. The largest absolute Gasteiger partial charge is 0.443 e. The Hall–Kier alpha value is -1.93. The zero-order chi connectivity index (χ0) is 15.7. The second-order valence-corrected chi connectivity index (χ2v) is 5.21. The van der Waals surface area contributed by atoms with Gasteiger partial charge in [-0.1, -0.05) is 0 Å². The number of hydrogen-bond donors (Lipinski definition) is 1. The zero-order valence-corrected chi connectivity index (χ0v) is 11.9. The van der Waals surface area contributed by atoms with E-state index < -0.39 is 23.8 Å². The molecular weight excluding hydrogens is 296 g/mol. The Balaban J connectivity index is 1.87. The number of carbonyl (C=O) groups excluding carboxylic acids is 1. The van der Waals surface area contributed by atoms with Crippen molar-refractivity contribution in [1.29, 1.82) is 0 Å². The maximum absolute atomic E-state index is 14.3. The van der Waals surface area contributed by atoms with Crippen molar-refractivity contribution in [3.8, 4) is 0 Å². The highest BCUT2D eigenvalue weighted by Gasteiger charge is 2.33. The van der Waals surface area contributed by atoms with Crippen LogP contribution in [0.4, 0.5) is 25.0 Å². The third-order valence-corrected chi connectivity index (χ3v) is 3.78. The van der Waals surface area contributed by atoms with Crippen LogP contribution in [0.5, 0.6) is 0 Å². The van der Waals surface area contributed by atoms with Crippen molar-refractivity contribution in [2.24, 2.45) is 5.73 Å². The number of nitrogens with two attached hydrogens (primary N) is 1. The van der Waals surface area contributed by atoms with Crippen molar-refractivity contribution in [3.63, 3.8) is 0 Å². The molecule has 2 saturated heterocycles. The Labute approximate surface area is 126 Å². The molecule has 6 nitrogen and oxygen atoms in total. The third-order valence-electron chi connectivity index (χ3n) is 3.78. The Morgan fingerprint density at radius 1 is 1.23 bits per heavy atom. The lowest BCUT2D eigenvalue weighted by Gasteiger charge is -2.29. The highest BCUT2D eigenvalue weighted by molar-refractivity contribution is 5.90. The van der Waals surface area contributed by atoms with Gasteiger partial charge in [0.05, 0.1) is 25.4 Å². The summed E-state index contributed by atoms with van der Waals surface area (Å²) >= 11 is 0. The van der Waals surface area contributed by atoms with E-state index in [9.17, 15) is 13.6 Å². The summed E-state index contributed by atoms with van der Waals surface area (Å²) in [6.07, 6.45) is -1.11. The number of carbonyl (C=O) groups is 1. The molecule has 0 saturated carbocycles. The summed E-state index contributed by atoms with van der Waals surface area (Å²) in [5, 5.41) is 0. The average Bonchev–Trinajstić information content (AvgIpc) is 2.89. The van der Waals surface area contributed by atoms with Crippen molar-refractivity contribution in [3.05, 3.63) is 23.8 Å². The van der Waals surface area contributed by atoms with Crippen LogP contribution in [0.3, 0.4) is 0 Å². The number of hydrogen-bond acceptors (Lipinski definition) is 5. The number of ether oxygens (including phenoxy) is 2. The van der Waals surface area contributed by atoms with Gasteiger partial charge in [-0.25, -0.2) is 13.6 Å². The Kier molecular flexibility index (Phi) is 4.12. The van der Waals surface area contributed by atoms with E-state index in [1.165, 1.54) is 4.90 Å². The molecule has 0 bridgehead atoms. The number of anilines is 2. The molecule has 0 aromatic heterocycles. The number of amides is 1. The van der Waals surface area contributed by atoms with Gasteiger partial charge in [0.25, 0.3) is 0 Å². The first-order chi connectivity index (χ1) is 10.6. The topological polar surface area (TPSA) is 68.0 Å². The molecule has 0 aliphatic carbocycles. The summed E-state index contributed by atoms with van der Waals surface area (Å²) < 4.78 is 38.8. The van der Waals surface area contributed by atoms with Crippen LogP contribution in [-0.4, -0.2) is 51.6 Å². The van der Waals surface area contributed by atoms with Crippen molar-refractivity contribution in [2.45, 2.75) is 6.10 Å². The molecule has 1 aromatic rings. The predicted molar refractivity (Wildman–Crippen MR) is 76.1 cm³/mol. The van der Waals surface area contributed by atoms with Crippen LogP contribution in [0, 0.1) is 11.6 Å². The molecule has 2 heterocycles. The number of cyclic esters (lactones) is 1. The molecule has 1 atom stereocenters. The summed E-state index contributed by atoms with van der Waals surface area (Å²) in [6, 6.07) is 2.29. The van der Waals surface area contributed by atoms with Gasteiger partial charge < -0.3 is 20.1 Å². The fourth-order valence-electron chi connectivity index (χ4n) is 2.65. The quantitative estimate of drug-likeness (QED) is 0.904.